The van der Waals surface area contributed by atoms with Gasteiger partial charge < -0.3 is 15.0 Å². The van der Waals surface area contributed by atoms with Gasteiger partial charge in [-0.15, -0.1) is 0 Å². The molecule has 1 aliphatic rings. The van der Waals surface area contributed by atoms with E-state index in [0.717, 1.165) is 32.2 Å². The predicted octanol–water partition coefficient (Wildman–Crippen LogP) is 1.73. The first-order valence-corrected chi connectivity index (χ1v) is 6.80. The summed E-state index contributed by atoms with van der Waals surface area (Å²) in [4.78, 5) is 2.54. The van der Waals surface area contributed by atoms with Crippen LogP contribution in [0.4, 0.5) is 0 Å². The molecule has 1 fully saturated rings. The summed E-state index contributed by atoms with van der Waals surface area (Å²) in [6, 6.07) is 0. The molecule has 0 unspecified atom stereocenters. The van der Waals surface area contributed by atoms with Gasteiger partial charge in [0, 0.05) is 19.7 Å². The number of hydrogen-bond acceptors (Lipinski definition) is 3. The van der Waals surface area contributed by atoms with Crippen LogP contribution in [0.5, 0.6) is 0 Å². The fourth-order valence-corrected chi connectivity index (χ4v) is 2.00. The summed E-state index contributed by atoms with van der Waals surface area (Å²) in [5, 5.41) is 3.49. The summed E-state index contributed by atoms with van der Waals surface area (Å²) in [5.74, 6) is 0.766. The van der Waals surface area contributed by atoms with Crippen LogP contribution < -0.4 is 5.32 Å². The summed E-state index contributed by atoms with van der Waals surface area (Å²) in [6.45, 7) is 12.3. The molecule has 0 spiro atoms. The third-order valence-electron chi connectivity index (χ3n) is 2.95. The van der Waals surface area contributed by atoms with Crippen LogP contribution in [0.3, 0.4) is 0 Å². The molecule has 0 radical (unpaired) electrons. The maximum atomic E-state index is 5.44. The van der Waals surface area contributed by atoms with Crippen LogP contribution in [0.15, 0.2) is 0 Å². The summed E-state index contributed by atoms with van der Waals surface area (Å²) in [7, 11) is 0. The molecule has 3 heteroatoms. The van der Waals surface area contributed by atoms with Crippen LogP contribution in [0.2, 0.25) is 0 Å². The van der Waals surface area contributed by atoms with Gasteiger partial charge in [-0.1, -0.05) is 13.8 Å². The van der Waals surface area contributed by atoms with E-state index in [0.29, 0.717) is 0 Å². The van der Waals surface area contributed by atoms with Crippen molar-refractivity contribution in [2.24, 2.45) is 5.92 Å². The van der Waals surface area contributed by atoms with Gasteiger partial charge in [0.1, 0.15) is 0 Å². The van der Waals surface area contributed by atoms with Crippen LogP contribution in [0.25, 0.3) is 0 Å². The van der Waals surface area contributed by atoms with Gasteiger partial charge in [-0.2, -0.15) is 0 Å². The number of hydrogen-bond donors (Lipinski definition) is 1. The number of ether oxygens (including phenoxy) is 1. The minimum Gasteiger partial charge on any atom is -0.380 e. The average Bonchev–Trinajstić information content (AvgIpc) is 2.51. The Labute approximate surface area is 101 Å². The van der Waals surface area contributed by atoms with Crippen molar-refractivity contribution in [2.45, 2.75) is 33.1 Å². The summed E-state index contributed by atoms with van der Waals surface area (Å²) < 4.78 is 5.44. The Morgan fingerprint density at radius 2 is 2.06 bits per heavy atom. The molecule has 0 amide bonds. The lowest BCUT2D eigenvalue weighted by Crippen LogP contribution is -2.28. The van der Waals surface area contributed by atoms with Gasteiger partial charge in [0.25, 0.3) is 0 Å². The third kappa shape index (κ3) is 7.20. The minimum atomic E-state index is 0.766. The highest BCUT2D eigenvalue weighted by molar-refractivity contribution is 4.61. The number of nitrogens with zero attached hydrogens (tertiary/aromatic N) is 1. The lowest BCUT2D eigenvalue weighted by molar-refractivity contribution is 0.141. The van der Waals surface area contributed by atoms with E-state index >= 15 is 0 Å². The van der Waals surface area contributed by atoms with Gasteiger partial charge >= 0.3 is 0 Å². The Kier molecular flexibility index (Phi) is 7.81. The quantitative estimate of drug-likeness (QED) is 0.672. The highest BCUT2D eigenvalue weighted by atomic mass is 16.5. The van der Waals surface area contributed by atoms with Crippen molar-refractivity contribution >= 4 is 0 Å². The lowest BCUT2D eigenvalue weighted by atomic mass is 10.2. The predicted molar refractivity (Wildman–Crippen MR) is 68.8 cm³/mol. The van der Waals surface area contributed by atoms with Gasteiger partial charge in [-0.05, 0) is 44.8 Å². The largest absolute Gasteiger partial charge is 0.380 e. The fraction of sp³-hybridized carbons (Fsp3) is 1.00. The Morgan fingerprint density at radius 1 is 1.19 bits per heavy atom. The van der Waals surface area contributed by atoms with Crippen molar-refractivity contribution in [3.05, 3.63) is 0 Å². The highest BCUT2D eigenvalue weighted by Crippen LogP contribution is 2.01. The normalized spacial score (nSPS) is 18.9. The van der Waals surface area contributed by atoms with Crippen molar-refractivity contribution < 1.29 is 4.74 Å². The Hall–Kier alpha value is -0.120. The first kappa shape index (κ1) is 13.9. The SMILES string of the molecule is CC(C)CNCCCCN1CCCOCC1. The molecule has 1 saturated heterocycles. The third-order valence-corrected chi connectivity index (χ3v) is 2.95. The zero-order valence-corrected chi connectivity index (χ0v) is 11.0. The Balaban J connectivity index is 1.89. The van der Waals surface area contributed by atoms with E-state index < -0.39 is 0 Å². The zero-order chi connectivity index (χ0) is 11.6. The van der Waals surface area contributed by atoms with Gasteiger partial charge in [0.2, 0.25) is 0 Å². The molecule has 1 N–H and O–H groups in total. The van der Waals surface area contributed by atoms with E-state index in [-0.39, 0.29) is 0 Å². The van der Waals surface area contributed by atoms with Crippen molar-refractivity contribution in [3.63, 3.8) is 0 Å². The molecule has 1 aliphatic heterocycles. The van der Waals surface area contributed by atoms with Gasteiger partial charge in [-0.25, -0.2) is 0 Å². The molecule has 16 heavy (non-hydrogen) atoms. The Morgan fingerprint density at radius 3 is 2.88 bits per heavy atom. The number of rotatable bonds is 7. The topological polar surface area (TPSA) is 24.5 Å². The van der Waals surface area contributed by atoms with Crippen LogP contribution in [-0.4, -0.2) is 50.8 Å². The molecule has 0 bridgehead atoms. The molecule has 0 aliphatic carbocycles. The molecule has 1 heterocycles. The second-order valence-electron chi connectivity index (χ2n) is 5.11. The smallest absolute Gasteiger partial charge is 0.0593 e. The van der Waals surface area contributed by atoms with Gasteiger partial charge in [0.05, 0.1) is 6.61 Å². The molecule has 0 aromatic heterocycles. The Bertz CT molecular complexity index is 154. The van der Waals surface area contributed by atoms with Gasteiger partial charge in [0.15, 0.2) is 0 Å². The van der Waals surface area contributed by atoms with Crippen molar-refractivity contribution in [1.29, 1.82) is 0 Å². The molecule has 0 atom stereocenters. The standard InChI is InChI=1S/C13H28N2O/c1-13(2)12-14-6-3-4-7-15-8-5-10-16-11-9-15/h13-14H,3-12H2,1-2H3. The van der Waals surface area contributed by atoms with Gasteiger partial charge in [-0.3, -0.25) is 0 Å². The number of nitrogens with one attached hydrogen (secondary N) is 1. The highest BCUT2D eigenvalue weighted by Gasteiger charge is 2.07. The van der Waals surface area contributed by atoms with E-state index in [1.807, 2.05) is 0 Å². The average molecular weight is 228 g/mol. The summed E-state index contributed by atoms with van der Waals surface area (Å²) >= 11 is 0. The van der Waals surface area contributed by atoms with Crippen molar-refractivity contribution in [1.82, 2.24) is 10.2 Å². The van der Waals surface area contributed by atoms with Crippen LogP contribution >= 0.6 is 0 Å². The summed E-state index contributed by atoms with van der Waals surface area (Å²) in [6.07, 6.45) is 3.81. The molecule has 96 valence electrons. The van der Waals surface area contributed by atoms with E-state index in [9.17, 15) is 0 Å². The maximum absolute atomic E-state index is 5.44. The van der Waals surface area contributed by atoms with Crippen molar-refractivity contribution in [3.8, 4) is 0 Å². The maximum Gasteiger partial charge on any atom is 0.0593 e. The molecule has 0 saturated carbocycles. The second kappa shape index (κ2) is 8.97. The van der Waals surface area contributed by atoms with Crippen LogP contribution in [0.1, 0.15) is 33.1 Å². The first-order chi connectivity index (χ1) is 7.79. The monoisotopic (exact) mass is 228 g/mol. The zero-order valence-electron chi connectivity index (χ0n) is 11.0. The van der Waals surface area contributed by atoms with E-state index in [2.05, 4.69) is 24.1 Å². The molecule has 1 rings (SSSR count). The van der Waals surface area contributed by atoms with E-state index in [4.69, 9.17) is 4.74 Å². The van der Waals surface area contributed by atoms with E-state index in [1.54, 1.807) is 0 Å². The molecule has 3 nitrogen and oxygen atoms in total. The van der Waals surface area contributed by atoms with E-state index in [1.165, 1.54) is 38.9 Å². The van der Waals surface area contributed by atoms with Crippen molar-refractivity contribution in [2.75, 3.05) is 45.9 Å². The number of unbranched alkanes of at least 4 members (excludes halogenated alkanes) is 1. The molecular weight excluding hydrogens is 200 g/mol. The molecule has 0 aromatic carbocycles. The second-order valence-corrected chi connectivity index (χ2v) is 5.11. The molecular formula is C13H28N2O. The van der Waals surface area contributed by atoms with Crippen LogP contribution in [0, 0.1) is 5.92 Å². The minimum absolute atomic E-state index is 0.766. The first-order valence-electron chi connectivity index (χ1n) is 6.80. The fourth-order valence-electron chi connectivity index (χ4n) is 2.00. The lowest BCUT2D eigenvalue weighted by Gasteiger charge is -2.18. The molecule has 0 aromatic rings. The van der Waals surface area contributed by atoms with Crippen LogP contribution in [-0.2, 0) is 4.74 Å². The summed E-state index contributed by atoms with van der Waals surface area (Å²) in [5.41, 5.74) is 0.